The number of ketones is 1. The van der Waals surface area contributed by atoms with Gasteiger partial charge in [0.25, 0.3) is 0 Å². The maximum atomic E-state index is 12.6. The van der Waals surface area contributed by atoms with E-state index in [1.54, 1.807) is 48.5 Å². The highest BCUT2D eigenvalue weighted by Crippen LogP contribution is 2.25. The molecule has 0 fully saturated rings. The number of amides is 1. The van der Waals surface area contributed by atoms with Crippen molar-refractivity contribution in [2.24, 2.45) is 0 Å². The van der Waals surface area contributed by atoms with Gasteiger partial charge in [0.05, 0.1) is 0 Å². The van der Waals surface area contributed by atoms with Crippen molar-refractivity contribution in [2.45, 2.75) is 6.04 Å². The highest BCUT2D eigenvalue weighted by Gasteiger charge is 2.24. The van der Waals surface area contributed by atoms with Gasteiger partial charge in [-0.05, 0) is 17.7 Å². The van der Waals surface area contributed by atoms with Crippen molar-refractivity contribution < 1.29 is 19.8 Å². The normalized spacial score (nSPS) is 12.0. The molecule has 23 heavy (non-hydrogen) atoms. The second-order valence-electron chi connectivity index (χ2n) is 5.11. The first kappa shape index (κ1) is 14.6. The number of Topliss-reactive ketones (excluding diaryl/α,β-unsaturated/α-hetero) is 1. The molecule has 0 spiro atoms. The fraction of sp³-hybridized carbons (Fsp3) is 0.0588. The number of carbonyl (C=O) groups is 2. The van der Waals surface area contributed by atoms with Crippen LogP contribution in [0.1, 0.15) is 22.0 Å². The zero-order chi connectivity index (χ0) is 16.4. The molecule has 3 aromatic rings. The van der Waals surface area contributed by atoms with Crippen LogP contribution < -0.4 is 5.32 Å². The Morgan fingerprint density at radius 2 is 1.78 bits per heavy atom. The predicted molar refractivity (Wildman–Crippen MR) is 84.6 cm³/mol. The molecule has 0 bridgehead atoms. The van der Waals surface area contributed by atoms with Gasteiger partial charge in [-0.1, -0.05) is 36.4 Å². The number of fused-ring (bicyclic) bond motifs is 1. The molecule has 6 nitrogen and oxygen atoms in total. The lowest BCUT2D eigenvalue weighted by molar-refractivity contribution is 0.0936. The van der Waals surface area contributed by atoms with E-state index in [2.05, 4.69) is 10.3 Å². The lowest BCUT2D eigenvalue weighted by atomic mass is 9.96. The minimum atomic E-state index is -1.28. The summed E-state index contributed by atoms with van der Waals surface area (Å²) < 4.78 is 0. The Labute approximate surface area is 131 Å². The molecule has 0 aliphatic heterocycles. The Morgan fingerprint density at radius 1 is 1.04 bits per heavy atom. The number of aromatic hydroxyl groups is 1. The molecular weight excluding hydrogens is 296 g/mol. The van der Waals surface area contributed by atoms with Crippen LogP contribution in [0, 0.1) is 0 Å². The number of rotatable bonds is 4. The first-order valence-corrected chi connectivity index (χ1v) is 6.95. The van der Waals surface area contributed by atoms with Crippen LogP contribution in [0.3, 0.4) is 0 Å². The summed E-state index contributed by atoms with van der Waals surface area (Å²) in [5.41, 5.74) is 1.63. The van der Waals surface area contributed by atoms with Gasteiger partial charge in [-0.25, -0.2) is 4.79 Å². The summed E-state index contributed by atoms with van der Waals surface area (Å²) in [4.78, 5) is 26.5. The monoisotopic (exact) mass is 310 g/mol. The molecule has 6 heteroatoms. The van der Waals surface area contributed by atoms with E-state index in [1.165, 1.54) is 6.07 Å². The summed E-state index contributed by atoms with van der Waals surface area (Å²) in [7, 11) is 0. The van der Waals surface area contributed by atoms with Crippen molar-refractivity contribution in [3.05, 3.63) is 65.7 Å². The number of benzene rings is 2. The van der Waals surface area contributed by atoms with Crippen LogP contribution in [0.2, 0.25) is 0 Å². The van der Waals surface area contributed by atoms with Gasteiger partial charge in [0.1, 0.15) is 6.04 Å². The minimum absolute atomic E-state index is 0.00859. The zero-order valence-electron chi connectivity index (χ0n) is 12.0. The number of aromatic nitrogens is 1. The van der Waals surface area contributed by atoms with Crippen LogP contribution in [-0.2, 0) is 0 Å². The topological polar surface area (TPSA) is 102 Å². The number of H-pyrrole nitrogens is 1. The first-order chi connectivity index (χ1) is 11.0. The van der Waals surface area contributed by atoms with Crippen LogP contribution in [0.15, 0.2) is 54.6 Å². The Balaban J connectivity index is 2.03. The number of hydrogen-bond donors (Lipinski definition) is 4. The van der Waals surface area contributed by atoms with E-state index in [-0.39, 0.29) is 11.7 Å². The van der Waals surface area contributed by atoms with Crippen molar-refractivity contribution in [3.63, 3.8) is 0 Å². The lowest BCUT2D eigenvalue weighted by Gasteiger charge is -2.16. The second-order valence-corrected chi connectivity index (χ2v) is 5.11. The second kappa shape index (κ2) is 5.84. The van der Waals surface area contributed by atoms with Crippen LogP contribution >= 0.6 is 0 Å². The number of hydrogen-bond acceptors (Lipinski definition) is 3. The minimum Gasteiger partial charge on any atom is -0.495 e. The van der Waals surface area contributed by atoms with Gasteiger partial charge in [0.2, 0.25) is 0 Å². The van der Waals surface area contributed by atoms with Crippen molar-refractivity contribution in [2.75, 3.05) is 0 Å². The molecule has 0 aliphatic rings. The maximum Gasteiger partial charge on any atom is 0.405 e. The van der Waals surface area contributed by atoms with E-state index in [9.17, 15) is 14.7 Å². The third kappa shape index (κ3) is 3.01. The van der Waals surface area contributed by atoms with Crippen LogP contribution in [0.4, 0.5) is 4.79 Å². The van der Waals surface area contributed by atoms with Crippen LogP contribution in [0.25, 0.3) is 10.9 Å². The average molecular weight is 310 g/mol. The van der Waals surface area contributed by atoms with Gasteiger partial charge >= 0.3 is 6.09 Å². The molecule has 4 N–H and O–H groups in total. The van der Waals surface area contributed by atoms with Gasteiger partial charge in [0, 0.05) is 22.5 Å². The maximum absolute atomic E-state index is 12.6. The highest BCUT2D eigenvalue weighted by atomic mass is 16.4. The smallest absolute Gasteiger partial charge is 0.405 e. The first-order valence-electron chi connectivity index (χ1n) is 6.95. The molecule has 2 aromatic carbocycles. The Kier molecular flexibility index (Phi) is 3.72. The molecule has 0 aliphatic carbocycles. The molecule has 1 aromatic heterocycles. The van der Waals surface area contributed by atoms with Gasteiger partial charge in [-0.15, -0.1) is 0 Å². The third-order valence-corrected chi connectivity index (χ3v) is 3.55. The van der Waals surface area contributed by atoms with Crippen LogP contribution in [-0.4, -0.2) is 27.1 Å². The molecule has 1 heterocycles. The van der Waals surface area contributed by atoms with Crippen molar-refractivity contribution in [1.82, 2.24) is 10.3 Å². The molecule has 0 saturated carbocycles. The molecule has 0 radical (unpaired) electrons. The summed E-state index contributed by atoms with van der Waals surface area (Å²) in [6.45, 7) is 0. The fourth-order valence-electron chi connectivity index (χ4n) is 2.51. The predicted octanol–water partition coefficient (Wildman–Crippen LogP) is 3.07. The van der Waals surface area contributed by atoms with E-state index in [0.717, 1.165) is 0 Å². The SMILES string of the molecule is O=C(O)NC(C(=O)c1ccccc1)c1ccc2[nH]c(O)cc2c1. The van der Waals surface area contributed by atoms with Crippen molar-refractivity contribution in [1.29, 1.82) is 0 Å². The quantitative estimate of drug-likeness (QED) is 0.556. The van der Waals surface area contributed by atoms with E-state index >= 15 is 0 Å². The van der Waals surface area contributed by atoms with Gasteiger partial charge in [-0.3, -0.25) is 4.79 Å². The summed E-state index contributed by atoms with van der Waals surface area (Å²) in [5.74, 6) is -0.332. The molecule has 1 unspecified atom stereocenters. The van der Waals surface area contributed by atoms with Crippen molar-refractivity contribution >= 4 is 22.8 Å². The molecule has 1 atom stereocenters. The third-order valence-electron chi connectivity index (χ3n) is 3.55. The van der Waals surface area contributed by atoms with Crippen molar-refractivity contribution in [3.8, 4) is 5.88 Å². The Bertz CT molecular complexity index is 871. The molecular formula is C17H14N2O4. The summed E-state index contributed by atoms with van der Waals surface area (Å²) in [5, 5.41) is 21.5. The van der Waals surface area contributed by atoms with E-state index in [4.69, 9.17) is 5.11 Å². The van der Waals surface area contributed by atoms with Gasteiger partial charge < -0.3 is 20.5 Å². The standard InChI is InChI=1S/C17H14N2O4/c20-14-9-12-8-11(6-7-13(12)18-14)15(19-17(22)23)16(21)10-4-2-1-3-5-10/h1-9,15,18-20H,(H,22,23). The lowest BCUT2D eigenvalue weighted by Crippen LogP contribution is -2.32. The molecule has 0 saturated heterocycles. The summed E-state index contributed by atoms with van der Waals surface area (Å²) >= 11 is 0. The molecule has 3 rings (SSSR count). The summed E-state index contributed by atoms with van der Waals surface area (Å²) in [6.07, 6.45) is -1.28. The highest BCUT2D eigenvalue weighted by molar-refractivity contribution is 6.02. The van der Waals surface area contributed by atoms with Gasteiger partial charge in [0.15, 0.2) is 11.7 Å². The molecule has 1 amide bonds. The van der Waals surface area contributed by atoms with E-state index in [1.807, 2.05) is 0 Å². The Hall–Kier alpha value is -3.28. The number of aromatic amines is 1. The van der Waals surface area contributed by atoms with Crippen LogP contribution in [0.5, 0.6) is 5.88 Å². The zero-order valence-corrected chi connectivity index (χ0v) is 12.0. The number of carboxylic acid groups (broad SMARTS) is 1. The van der Waals surface area contributed by atoms with Gasteiger partial charge in [-0.2, -0.15) is 0 Å². The fourth-order valence-corrected chi connectivity index (χ4v) is 2.51. The largest absolute Gasteiger partial charge is 0.495 e. The van der Waals surface area contributed by atoms with E-state index in [0.29, 0.717) is 22.0 Å². The number of carbonyl (C=O) groups excluding carboxylic acids is 1. The summed E-state index contributed by atoms with van der Waals surface area (Å²) in [6, 6.07) is 14.0. The Morgan fingerprint density at radius 3 is 2.48 bits per heavy atom. The average Bonchev–Trinajstić information content (AvgIpc) is 2.91. The molecule has 116 valence electrons. The van der Waals surface area contributed by atoms with E-state index < -0.39 is 12.1 Å². The number of nitrogens with one attached hydrogen (secondary N) is 2.